The van der Waals surface area contributed by atoms with Gasteiger partial charge >= 0.3 is 0 Å². The molecule has 12 heavy (non-hydrogen) atoms. The number of halogens is 3. The molecule has 2 N–H and O–H groups in total. The fourth-order valence-corrected chi connectivity index (χ4v) is 0.965. The molecule has 1 rings (SSSR count). The molecule has 0 heterocycles. The summed E-state index contributed by atoms with van der Waals surface area (Å²) in [6.07, 6.45) is 0. The molecule has 4 heteroatoms. The molecule has 0 fully saturated rings. The van der Waals surface area contributed by atoms with E-state index in [9.17, 15) is 8.78 Å². The second-order valence-electron chi connectivity index (χ2n) is 2.39. The highest BCUT2D eigenvalue weighted by molar-refractivity contribution is 5.16. The summed E-state index contributed by atoms with van der Waals surface area (Å²) in [5.41, 5.74) is 0.671. The zero-order valence-electron chi connectivity index (χ0n) is 6.65. The van der Waals surface area contributed by atoms with Gasteiger partial charge in [0.1, 0.15) is 18.2 Å². The number of quaternary nitrogens is 1. The second-order valence-corrected chi connectivity index (χ2v) is 2.39. The first-order valence-corrected chi connectivity index (χ1v) is 3.45. The highest BCUT2D eigenvalue weighted by Crippen LogP contribution is 2.06. The van der Waals surface area contributed by atoms with E-state index in [-0.39, 0.29) is 12.4 Å². The minimum Gasteiger partial charge on any atom is -1.00 e. The number of hydrogen-bond donors (Lipinski definition) is 1. The summed E-state index contributed by atoms with van der Waals surface area (Å²) in [5, 5.41) is 1.86. The molecule has 0 atom stereocenters. The Labute approximate surface area is 76.2 Å². The average molecular weight is 194 g/mol. The van der Waals surface area contributed by atoms with Crippen LogP contribution in [0.1, 0.15) is 5.56 Å². The van der Waals surface area contributed by atoms with E-state index in [4.69, 9.17) is 0 Å². The van der Waals surface area contributed by atoms with Crippen molar-refractivity contribution in [1.82, 2.24) is 0 Å². The third kappa shape index (κ3) is 3.15. The van der Waals surface area contributed by atoms with Crippen molar-refractivity contribution < 1.29 is 26.5 Å². The standard InChI is InChI=1S/C8H9F2N.ClH/c1-11-5-6-2-7(9)4-8(10)3-6;/h2-4,11H,5H2,1H3;1H. The zero-order chi connectivity index (χ0) is 8.27. The van der Waals surface area contributed by atoms with Crippen molar-refractivity contribution in [2.24, 2.45) is 0 Å². The van der Waals surface area contributed by atoms with Gasteiger partial charge in [0.2, 0.25) is 0 Å². The summed E-state index contributed by atoms with van der Waals surface area (Å²) < 4.78 is 25.0. The molecule has 0 spiro atoms. The summed E-state index contributed by atoms with van der Waals surface area (Å²) in [4.78, 5) is 0. The van der Waals surface area contributed by atoms with E-state index in [1.165, 1.54) is 12.1 Å². The van der Waals surface area contributed by atoms with Crippen molar-refractivity contribution in [2.75, 3.05) is 7.05 Å². The van der Waals surface area contributed by atoms with Crippen LogP contribution in [0.25, 0.3) is 0 Å². The lowest BCUT2D eigenvalue weighted by Crippen LogP contribution is -3.00. The fraction of sp³-hybridized carbons (Fsp3) is 0.250. The van der Waals surface area contributed by atoms with Gasteiger partial charge in [0, 0.05) is 11.6 Å². The van der Waals surface area contributed by atoms with E-state index in [2.05, 4.69) is 0 Å². The first kappa shape index (κ1) is 11.3. The number of nitrogens with two attached hydrogens (primary N) is 1. The van der Waals surface area contributed by atoms with Gasteiger partial charge < -0.3 is 17.7 Å². The van der Waals surface area contributed by atoms with Gasteiger partial charge in [-0.15, -0.1) is 0 Å². The number of benzene rings is 1. The van der Waals surface area contributed by atoms with Crippen molar-refractivity contribution in [3.63, 3.8) is 0 Å². The van der Waals surface area contributed by atoms with E-state index < -0.39 is 11.6 Å². The van der Waals surface area contributed by atoms with Crippen LogP contribution in [-0.4, -0.2) is 7.05 Å². The average Bonchev–Trinajstić information content (AvgIpc) is 1.85. The van der Waals surface area contributed by atoms with Crippen LogP contribution in [0.5, 0.6) is 0 Å². The van der Waals surface area contributed by atoms with Crippen molar-refractivity contribution in [2.45, 2.75) is 6.54 Å². The number of hydrogen-bond acceptors (Lipinski definition) is 0. The van der Waals surface area contributed by atoms with Crippen LogP contribution in [0.3, 0.4) is 0 Å². The Morgan fingerprint density at radius 2 is 1.67 bits per heavy atom. The van der Waals surface area contributed by atoms with Gasteiger partial charge in [0.05, 0.1) is 7.05 Å². The van der Waals surface area contributed by atoms with Crippen LogP contribution in [-0.2, 0) is 6.54 Å². The van der Waals surface area contributed by atoms with Gasteiger partial charge in [-0.3, -0.25) is 0 Å². The quantitative estimate of drug-likeness (QED) is 0.543. The van der Waals surface area contributed by atoms with E-state index in [0.717, 1.165) is 6.07 Å². The van der Waals surface area contributed by atoms with Crippen LogP contribution in [0, 0.1) is 11.6 Å². The maximum atomic E-state index is 12.5. The van der Waals surface area contributed by atoms with Gasteiger partial charge in [-0.1, -0.05) is 0 Å². The molecule has 0 aliphatic carbocycles. The summed E-state index contributed by atoms with van der Waals surface area (Å²) in [6.45, 7) is 0.606. The lowest BCUT2D eigenvalue weighted by molar-refractivity contribution is -0.643. The Hall–Kier alpha value is -0.670. The monoisotopic (exact) mass is 193 g/mol. The van der Waals surface area contributed by atoms with Crippen LogP contribution < -0.4 is 17.7 Å². The topological polar surface area (TPSA) is 16.6 Å². The molecule has 0 radical (unpaired) electrons. The molecule has 0 aromatic heterocycles. The van der Waals surface area contributed by atoms with Gasteiger partial charge in [-0.2, -0.15) is 0 Å². The van der Waals surface area contributed by atoms with Crippen molar-refractivity contribution in [3.05, 3.63) is 35.4 Å². The molecular weight excluding hydrogens is 184 g/mol. The van der Waals surface area contributed by atoms with Crippen molar-refractivity contribution in [3.8, 4) is 0 Å². The van der Waals surface area contributed by atoms with Gasteiger partial charge in [-0.05, 0) is 12.1 Å². The molecule has 0 bridgehead atoms. The molecule has 0 aliphatic rings. The van der Waals surface area contributed by atoms with Gasteiger partial charge in [0.15, 0.2) is 0 Å². The molecule has 1 aromatic rings. The zero-order valence-corrected chi connectivity index (χ0v) is 7.41. The predicted octanol–water partition coefficient (Wildman–Crippen LogP) is -2.34. The van der Waals surface area contributed by atoms with Crippen LogP contribution in [0.4, 0.5) is 8.78 Å². The summed E-state index contributed by atoms with van der Waals surface area (Å²) in [6, 6.07) is 3.55. The first-order valence-electron chi connectivity index (χ1n) is 3.45. The highest BCUT2D eigenvalue weighted by Gasteiger charge is 1.99. The summed E-state index contributed by atoms with van der Waals surface area (Å²) in [5.74, 6) is -1.02. The highest BCUT2D eigenvalue weighted by atomic mass is 35.5. The van der Waals surface area contributed by atoms with Gasteiger partial charge in [-0.25, -0.2) is 8.78 Å². The molecule has 0 aliphatic heterocycles. The third-order valence-corrected chi connectivity index (χ3v) is 1.36. The maximum absolute atomic E-state index is 12.5. The third-order valence-electron chi connectivity index (χ3n) is 1.36. The summed E-state index contributed by atoms with van der Waals surface area (Å²) in [7, 11) is 1.85. The van der Waals surface area contributed by atoms with Crippen molar-refractivity contribution >= 4 is 0 Å². The molecule has 0 amide bonds. The Balaban J connectivity index is 0.00000121. The SMILES string of the molecule is C[NH2+]Cc1cc(F)cc(F)c1.[Cl-]. The molecule has 0 saturated carbocycles. The molecular formula is C8H10ClF2N. The number of rotatable bonds is 2. The minimum absolute atomic E-state index is 0. The normalized spacial score (nSPS) is 9.25. The predicted molar refractivity (Wildman–Crippen MR) is 37.9 cm³/mol. The Bertz CT molecular complexity index is 233. The summed E-state index contributed by atoms with van der Waals surface area (Å²) >= 11 is 0. The fourth-order valence-electron chi connectivity index (χ4n) is 0.965. The van der Waals surface area contributed by atoms with Crippen molar-refractivity contribution in [1.29, 1.82) is 0 Å². The van der Waals surface area contributed by atoms with E-state index >= 15 is 0 Å². The Kier molecular flexibility index (Phi) is 4.78. The molecule has 68 valence electrons. The van der Waals surface area contributed by atoms with Crippen LogP contribution in [0.2, 0.25) is 0 Å². The van der Waals surface area contributed by atoms with E-state index in [1.807, 2.05) is 12.4 Å². The first-order chi connectivity index (χ1) is 5.22. The largest absolute Gasteiger partial charge is 1.00 e. The lowest BCUT2D eigenvalue weighted by Gasteiger charge is -1.97. The molecule has 1 aromatic carbocycles. The van der Waals surface area contributed by atoms with Crippen LogP contribution in [0.15, 0.2) is 18.2 Å². The second kappa shape index (κ2) is 5.06. The van der Waals surface area contributed by atoms with Gasteiger partial charge in [0.25, 0.3) is 0 Å². The molecule has 0 unspecified atom stereocenters. The Morgan fingerprint density at radius 3 is 2.08 bits per heavy atom. The Morgan fingerprint density at radius 1 is 1.17 bits per heavy atom. The smallest absolute Gasteiger partial charge is 0.126 e. The van der Waals surface area contributed by atoms with Crippen LogP contribution >= 0.6 is 0 Å². The van der Waals surface area contributed by atoms with E-state index in [1.54, 1.807) is 0 Å². The van der Waals surface area contributed by atoms with E-state index in [0.29, 0.717) is 12.1 Å². The maximum Gasteiger partial charge on any atom is 0.126 e. The minimum atomic E-state index is -0.512. The lowest BCUT2D eigenvalue weighted by atomic mass is 10.2. The molecule has 1 nitrogen and oxygen atoms in total. The molecule has 0 saturated heterocycles.